The largest absolute Gasteiger partial charge is 0.376 e. The van der Waals surface area contributed by atoms with Gasteiger partial charge in [0.05, 0.1) is 0 Å². The van der Waals surface area contributed by atoms with E-state index < -0.39 is 5.60 Å². The lowest BCUT2D eigenvalue weighted by Gasteiger charge is -2.30. The van der Waals surface area contributed by atoms with Gasteiger partial charge in [0.1, 0.15) is 17.7 Å². The Labute approximate surface area is 219 Å². The summed E-state index contributed by atoms with van der Waals surface area (Å²) in [6.07, 6.45) is 4.40. The number of rotatable bonds is 5. The Kier molecular flexibility index (Phi) is 8.18. The van der Waals surface area contributed by atoms with E-state index in [1.54, 1.807) is 24.3 Å². The summed E-state index contributed by atoms with van der Waals surface area (Å²) in [6, 6.07) is 24.5. The molecule has 0 aliphatic rings. The zero-order valence-electron chi connectivity index (χ0n) is 20.3. The summed E-state index contributed by atoms with van der Waals surface area (Å²) in [5.41, 5.74) is 2.81. The molecule has 2 N–H and O–H groups in total. The van der Waals surface area contributed by atoms with Gasteiger partial charge in [0.2, 0.25) is 5.95 Å². The van der Waals surface area contributed by atoms with Gasteiger partial charge in [-0.05, 0) is 55.8 Å². The summed E-state index contributed by atoms with van der Waals surface area (Å²) in [7, 11) is 0. The van der Waals surface area contributed by atoms with Gasteiger partial charge in [0.15, 0.2) is 0 Å². The van der Waals surface area contributed by atoms with Gasteiger partial charge in [-0.25, -0.2) is 24.3 Å². The van der Waals surface area contributed by atoms with Crippen LogP contribution in [-0.2, 0) is 5.60 Å². The van der Waals surface area contributed by atoms with E-state index in [1.165, 1.54) is 43.0 Å². The number of halogens is 2. The third-order valence-corrected chi connectivity index (χ3v) is 5.85. The average Bonchev–Trinajstić information content (AvgIpc) is 2.90. The van der Waals surface area contributed by atoms with Crippen LogP contribution in [0.1, 0.15) is 28.1 Å². The molecule has 0 aliphatic carbocycles. The van der Waals surface area contributed by atoms with Gasteiger partial charge in [0.25, 0.3) is 0 Å². The molecule has 2 heterocycles. The Morgan fingerprint density at radius 1 is 0.784 bits per heavy atom. The zero-order chi connectivity index (χ0) is 26.3. The lowest BCUT2D eigenvalue weighted by molar-refractivity contribution is 0.125. The predicted molar refractivity (Wildman–Crippen MR) is 143 cm³/mol. The van der Waals surface area contributed by atoms with Crippen molar-refractivity contribution in [1.82, 2.24) is 19.9 Å². The van der Waals surface area contributed by atoms with Crippen LogP contribution in [0.15, 0.2) is 104 Å². The molecule has 0 spiro atoms. The molecule has 5 aromatic rings. The van der Waals surface area contributed by atoms with Gasteiger partial charge in [-0.2, -0.15) is 0 Å². The lowest BCUT2D eigenvalue weighted by atomic mass is 9.81. The first kappa shape index (κ1) is 25.9. The van der Waals surface area contributed by atoms with E-state index in [0.717, 1.165) is 17.1 Å². The fourth-order valence-corrected chi connectivity index (χ4v) is 4.11. The molecule has 8 heteroatoms. The number of aryl methyl sites for hydroxylation is 2. The first-order valence-electron chi connectivity index (χ1n) is 11.5. The number of nitrogens with zero attached hydrogens (tertiary/aromatic N) is 4. The van der Waals surface area contributed by atoms with Gasteiger partial charge >= 0.3 is 0 Å². The molecule has 6 nitrogen and oxygen atoms in total. The normalized spacial score (nSPS) is 12.1. The van der Waals surface area contributed by atoms with E-state index in [0.29, 0.717) is 27.7 Å². The number of aromatic nitrogens is 4. The molecule has 0 aliphatic heterocycles. The van der Waals surface area contributed by atoms with Gasteiger partial charge in [-0.3, -0.25) is 0 Å². The summed E-state index contributed by atoms with van der Waals surface area (Å²) in [5, 5.41) is 15.0. The minimum Gasteiger partial charge on any atom is -0.376 e. The first-order valence-corrected chi connectivity index (χ1v) is 11.9. The Hall–Kier alpha value is -4.20. The zero-order valence-corrected chi connectivity index (χ0v) is 21.1. The lowest BCUT2D eigenvalue weighted by Crippen LogP contribution is -2.29. The highest BCUT2D eigenvalue weighted by atomic mass is 35.5. The van der Waals surface area contributed by atoms with E-state index >= 15 is 0 Å². The molecular formula is C29H25ClFN5O. The molecule has 186 valence electrons. The highest BCUT2D eigenvalue weighted by Gasteiger charge is 2.36. The molecule has 0 amide bonds. The number of aliphatic hydroxyl groups is 1. The second kappa shape index (κ2) is 11.7. The van der Waals surface area contributed by atoms with Crippen molar-refractivity contribution in [3.63, 3.8) is 0 Å². The predicted octanol–water partition coefficient (Wildman–Crippen LogP) is 6.39. The van der Waals surface area contributed by atoms with Gasteiger partial charge in [-0.1, -0.05) is 60.1 Å². The second-order valence-corrected chi connectivity index (χ2v) is 8.70. The Balaban J connectivity index is 0.000000186. The summed E-state index contributed by atoms with van der Waals surface area (Å²) >= 11 is 6.26. The number of nitrogens with one attached hydrogen (secondary N) is 1. The summed E-state index contributed by atoms with van der Waals surface area (Å²) in [6.45, 7) is 3.93. The van der Waals surface area contributed by atoms with E-state index in [-0.39, 0.29) is 5.82 Å². The van der Waals surface area contributed by atoms with Crippen LogP contribution in [0.3, 0.4) is 0 Å². The van der Waals surface area contributed by atoms with Crippen LogP contribution in [0.5, 0.6) is 0 Å². The Bertz CT molecular complexity index is 1430. The van der Waals surface area contributed by atoms with Crippen LogP contribution in [0.2, 0.25) is 5.02 Å². The van der Waals surface area contributed by atoms with Gasteiger partial charge in [-0.15, -0.1) is 0 Å². The number of hydrogen-bond donors (Lipinski definition) is 2. The number of benzene rings is 3. The maximum absolute atomic E-state index is 13.2. The number of para-hydroxylation sites is 1. The van der Waals surface area contributed by atoms with E-state index in [1.807, 2.05) is 50.2 Å². The van der Waals surface area contributed by atoms with Crippen molar-refractivity contribution in [3.8, 4) is 0 Å². The SMILES string of the molecule is Cc1cc(C)nc(Nc2ccccc2)n1.OC(c1ccc(F)cc1)(c1cncnc1)c1ccccc1Cl. The molecule has 1 unspecified atom stereocenters. The molecule has 37 heavy (non-hydrogen) atoms. The molecule has 0 fully saturated rings. The maximum atomic E-state index is 13.2. The van der Waals surface area contributed by atoms with Crippen molar-refractivity contribution in [2.45, 2.75) is 19.4 Å². The fourth-order valence-electron chi connectivity index (χ4n) is 3.84. The smallest absolute Gasteiger partial charge is 0.227 e. The summed E-state index contributed by atoms with van der Waals surface area (Å²) in [5.74, 6) is 0.272. The van der Waals surface area contributed by atoms with E-state index in [4.69, 9.17) is 11.6 Å². The standard InChI is InChI=1S/C17H12ClFN2O.C12H13N3/c18-16-4-2-1-3-15(16)17(22,13-9-20-11-21-10-13)12-5-7-14(19)8-6-12;1-9-8-10(2)14-12(13-9)15-11-6-4-3-5-7-11/h1-11,22H;3-8H,1-2H3,(H,13,14,15). The topological polar surface area (TPSA) is 83.8 Å². The molecule has 2 aromatic heterocycles. The Morgan fingerprint density at radius 2 is 1.38 bits per heavy atom. The highest BCUT2D eigenvalue weighted by molar-refractivity contribution is 6.31. The molecule has 0 bridgehead atoms. The van der Waals surface area contributed by atoms with Crippen molar-refractivity contribution in [2.24, 2.45) is 0 Å². The second-order valence-electron chi connectivity index (χ2n) is 8.29. The molecule has 3 aromatic carbocycles. The molecule has 0 saturated heterocycles. The summed E-state index contributed by atoms with van der Waals surface area (Å²) in [4.78, 5) is 16.5. The van der Waals surface area contributed by atoms with Gasteiger partial charge in [0, 0.05) is 45.6 Å². The monoisotopic (exact) mass is 513 g/mol. The third kappa shape index (κ3) is 6.33. The Morgan fingerprint density at radius 3 is 2.00 bits per heavy atom. The van der Waals surface area contributed by atoms with Crippen LogP contribution in [-0.4, -0.2) is 25.0 Å². The maximum Gasteiger partial charge on any atom is 0.227 e. The average molecular weight is 514 g/mol. The van der Waals surface area contributed by atoms with Crippen LogP contribution in [0.25, 0.3) is 0 Å². The van der Waals surface area contributed by atoms with Crippen LogP contribution in [0, 0.1) is 19.7 Å². The first-order chi connectivity index (χ1) is 17.9. The highest BCUT2D eigenvalue weighted by Crippen LogP contribution is 2.39. The van der Waals surface area contributed by atoms with Crippen molar-refractivity contribution in [2.75, 3.05) is 5.32 Å². The number of anilines is 2. The van der Waals surface area contributed by atoms with Gasteiger partial charge < -0.3 is 10.4 Å². The van der Waals surface area contributed by atoms with Crippen molar-refractivity contribution in [3.05, 3.63) is 143 Å². The minimum absolute atomic E-state index is 0.380. The minimum atomic E-state index is -1.56. The van der Waals surface area contributed by atoms with Crippen molar-refractivity contribution >= 4 is 23.2 Å². The third-order valence-electron chi connectivity index (χ3n) is 5.52. The molecule has 0 saturated carbocycles. The van der Waals surface area contributed by atoms with E-state index in [2.05, 4.69) is 25.3 Å². The molecule has 5 rings (SSSR count). The van der Waals surface area contributed by atoms with Crippen molar-refractivity contribution in [1.29, 1.82) is 0 Å². The molecule has 0 radical (unpaired) electrons. The number of hydrogen-bond acceptors (Lipinski definition) is 6. The van der Waals surface area contributed by atoms with Crippen LogP contribution in [0.4, 0.5) is 16.0 Å². The summed E-state index contributed by atoms with van der Waals surface area (Å²) < 4.78 is 13.2. The molecular weight excluding hydrogens is 489 g/mol. The van der Waals surface area contributed by atoms with Crippen LogP contribution < -0.4 is 5.32 Å². The van der Waals surface area contributed by atoms with Crippen LogP contribution >= 0.6 is 11.6 Å². The fraction of sp³-hybridized carbons (Fsp3) is 0.103. The van der Waals surface area contributed by atoms with E-state index in [9.17, 15) is 9.50 Å². The van der Waals surface area contributed by atoms with Crippen molar-refractivity contribution < 1.29 is 9.50 Å². The quantitative estimate of drug-likeness (QED) is 0.283. The molecule has 1 atom stereocenters.